The topological polar surface area (TPSA) is 98.7 Å². The number of nitrogen functional groups attached to an aromatic ring is 1. The van der Waals surface area contributed by atoms with Crippen LogP contribution in [-0.2, 0) is 13.1 Å². The predicted molar refractivity (Wildman–Crippen MR) is 67.2 cm³/mol. The summed E-state index contributed by atoms with van der Waals surface area (Å²) in [5.74, 6) is 0.200. The third-order valence-corrected chi connectivity index (χ3v) is 2.67. The lowest BCUT2D eigenvalue weighted by Gasteiger charge is -2.08. The quantitative estimate of drug-likeness (QED) is 0.716. The maximum atomic E-state index is 11.5. The maximum absolute atomic E-state index is 11.5. The highest BCUT2D eigenvalue weighted by atomic mass is 16.2. The summed E-state index contributed by atoms with van der Waals surface area (Å²) in [7, 11) is 0. The molecule has 7 nitrogen and oxygen atoms in total. The van der Waals surface area contributed by atoms with Gasteiger partial charge < -0.3 is 10.3 Å². The summed E-state index contributed by atoms with van der Waals surface area (Å²) in [5, 5.41) is 0. The molecule has 0 aliphatic carbocycles. The minimum absolute atomic E-state index is 0.200. The number of anilines is 1. The van der Waals surface area contributed by atoms with Crippen LogP contribution in [0.15, 0.2) is 34.4 Å². The van der Waals surface area contributed by atoms with Crippen LogP contribution in [0.5, 0.6) is 0 Å². The van der Waals surface area contributed by atoms with E-state index in [1.54, 1.807) is 12.5 Å². The number of hydrogen-bond acceptors (Lipinski definition) is 4. The third-order valence-electron chi connectivity index (χ3n) is 2.67. The fourth-order valence-electron chi connectivity index (χ4n) is 1.75. The molecule has 0 aromatic carbocycles. The van der Waals surface area contributed by atoms with Gasteiger partial charge >= 0.3 is 5.69 Å². The van der Waals surface area contributed by atoms with Crippen LogP contribution in [0.25, 0.3) is 0 Å². The van der Waals surface area contributed by atoms with Crippen LogP contribution < -0.4 is 17.0 Å². The normalized spacial score (nSPS) is 10.7. The molecular weight excluding hydrogens is 234 g/mol. The Morgan fingerprint density at radius 1 is 1.28 bits per heavy atom. The van der Waals surface area contributed by atoms with Gasteiger partial charge in [0.15, 0.2) is 0 Å². The number of aromatic nitrogens is 4. The Morgan fingerprint density at radius 3 is 2.72 bits per heavy atom. The fourth-order valence-corrected chi connectivity index (χ4v) is 1.75. The monoisotopic (exact) mass is 249 g/mol. The molecule has 2 aromatic heterocycles. The molecule has 96 valence electrons. The molecule has 0 atom stereocenters. The molecule has 0 aliphatic rings. The van der Waals surface area contributed by atoms with Gasteiger partial charge in [0.1, 0.15) is 5.82 Å². The molecule has 0 saturated heterocycles. The number of rotatable bonds is 5. The molecule has 0 spiro atoms. The van der Waals surface area contributed by atoms with Gasteiger partial charge in [-0.3, -0.25) is 14.3 Å². The summed E-state index contributed by atoms with van der Waals surface area (Å²) in [6.07, 6.45) is 7.07. The summed E-state index contributed by atoms with van der Waals surface area (Å²) in [6, 6.07) is 1.22. The second kappa shape index (κ2) is 5.35. The molecule has 0 amide bonds. The highest BCUT2D eigenvalue weighted by molar-refractivity contribution is 5.25. The van der Waals surface area contributed by atoms with Gasteiger partial charge in [0.05, 0.1) is 6.33 Å². The maximum Gasteiger partial charge on any atom is 0.329 e. The number of imidazole rings is 1. The van der Waals surface area contributed by atoms with Crippen molar-refractivity contribution in [2.75, 3.05) is 5.73 Å². The van der Waals surface area contributed by atoms with Crippen molar-refractivity contribution in [3.63, 3.8) is 0 Å². The van der Waals surface area contributed by atoms with Gasteiger partial charge in [0, 0.05) is 31.5 Å². The SMILES string of the molecule is Nc1cc(=O)[nH]c(=O)n1CCCCn1ccnc1. The summed E-state index contributed by atoms with van der Waals surface area (Å²) >= 11 is 0. The van der Waals surface area contributed by atoms with Gasteiger partial charge in [-0.2, -0.15) is 0 Å². The van der Waals surface area contributed by atoms with Gasteiger partial charge in [0.25, 0.3) is 5.56 Å². The average Bonchev–Trinajstić information content (AvgIpc) is 2.79. The predicted octanol–water partition coefficient (Wildman–Crippen LogP) is -0.204. The van der Waals surface area contributed by atoms with Gasteiger partial charge in [-0.15, -0.1) is 0 Å². The van der Waals surface area contributed by atoms with E-state index in [2.05, 4.69) is 9.97 Å². The number of nitrogens with zero attached hydrogens (tertiary/aromatic N) is 3. The number of nitrogens with one attached hydrogen (secondary N) is 1. The van der Waals surface area contributed by atoms with Gasteiger partial charge in [-0.25, -0.2) is 9.78 Å². The number of aromatic amines is 1. The lowest BCUT2D eigenvalue weighted by molar-refractivity contribution is 0.541. The molecule has 0 aliphatic heterocycles. The lowest BCUT2D eigenvalue weighted by Crippen LogP contribution is -2.31. The van der Waals surface area contributed by atoms with E-state index in [1.165, 1.54) is 10.6 Å². The third kappa shape index (κ3) is 2.88. The Balaban J connectivity index is 1.91. The van der Waals surface area contributed by atoms with Crippen LogP contribution in [0.3, 0.4) is 0 Å². The molecule has 0 bridgehead atoms. The van der Waals surface area contributed by atoms with Crippen LogP contribution in [0.2, 0.25) is 0 Å². The summed E-state index contributed by atoms with van der Waals surface area (Å²) in [5.41, 5.74) is 4.71. The van der Waals surface area contributed by atoms with Crippen LogP contribution in [0, 0.1) is 0 Å². The van der Waals surface area contributed by atoms with Crippen molar-refractivity contribution in [3.05, 3.63) is 45.6 Å². The van der Waals surface area contributed by atoms with E-state index < -0.39 is 11.2 Å². The second-order valence-electron chi connectivity index (χ2n) is 4.02. The number of aryl methyl sites for hydroxylation is 1. The first-order valence-electron chi connectivity index (χ1n) is 5.72. The van der Waals surface area contributed by atoms with E-state index >= 15 is 0 Å². The van der Waals surface area contributed by atoms with Crippen LogP contribution in [0.4, 0.5) is 5.82 Å². The molecule has 2 aromatic rings. The molecule has 2 heterocycles. The van der Waals surface area contributed by atoms with Crippen molar-refractivity contribution in [1.82, 2.24) is 19.1 Å². The first-order valence-corrected chi connectivity index (χ1v) is 5.72. The second-order valence-corrected chi connectivity index (χ2v) is 4.02. The van der Waals surface area contributed by atoms with Gasteiger partial charge in [-0.05, 0) is 12.8 Å². The van der Waals surface area contributed by atoms with E-state index in [9.17, 15) is 9.59 Å². The molecule has 2 rings (SSSR count). The van der Waals surface area contributed by atoms with E-state index in [1.807, 2.05) is 10.8 Å². The Labute approximate surface area is 103 Å². The zero-order valence-electron chi connectivity index (χ0n) is 9.87. The highest BCUT2D eigenvalue weighted by Gasteiger charge is 2.02. The van der Waals surface area contributed by atoms with E-state index in [-0.39, 0.29) is 5.82 Å². The summed E-state index contributed by atoms with van der Waals surface area (Å²) < 4.78 is 3.34. The highest BCUT2D eigenvalue weighted by Crippen LogP contribution is 2.00. The molecular formula is C11H15N5O2. The molecule has 0 saturated carbocycles. The zero-order chi connectivity index (χ0) is 13.0. The van der Waals surface area contributed by atoms with Crippen LogP contribution >= 0.6 is 0 Å². The smallest absolute Gasteiger partial charge is 0.329 e. The number of unbranched alkanes of at least 4 members (excludes halogenated alkanes) is 1. The standard InChI is InChI=1S/C11H15N5O2/c12-9-7-10(17)14-11(18)16(9)5-2-1-4-15-6-3-13-8-15/h3,6-8H,1-2,4-5,12H2,(H,14,17,18). The van der Waals surface area contributed by atoms with Gasteiger partial charge in [-0.1, -0.05) is 0 Å². The Hall–Kier alpha value is -2.31. The molecule has 0 fully saturated rings. The number of H-pyrrole nitrogens is 1. The molecule has 18 heavy (non-hydrogen) atoms. The van der Waals surface area contributed by atoms with E-state index in [4.69, 9.17) is 5.73 Å². The van der Waals surface area contributed by atoms with Crippen LogP contribution in [0.1, 0.15) is 12.8 Å². The van der Waals surface area contributed by atoms with Crippen molar-refractivity contribution >= 4 is 5.82 Å². The average molecular weight is 249 g/mol. The van der Waals surface area contributed by atoms with E-state index in [0.29, 0.717) is 6.54 Å². The van der Waals surface area contributed by atoms with Crippen LogP contribution in [-0.4, -0.2) is 19.1 Å². The lowest BCUT2D eigenvalue weighted by atomic mass is 10.3. The Bertz CT molecular complexity index is 611. The molecule has 0 radical (unpaired) electrons. The molecule has 3 N–H and O–H groups in total. The van der Waals surface area contributed by atoms with Crippen molar-refractivity contribution in [1.29, 1.82) is 0 Å². The summed E-state index contributed by atoms with van der Waals surface area (Å²) in [6.45, 7) is 1.34. The first-order chi connectivity index (χ1) is 8.66. The van der Waals surface area contributed by atoms with Gasteiger partial charge in [0.2, 0.25) is 0 Å². The number of hydrogen-bond donors (Lipinski definition) is 2. The van der Waals surface area contributed by atoms with Crippen molar-refractivity contribution in [3.8, 4) is 0 Å². The first kappa shape index (κ1) is 12.2. The fraction of sp³-hybridized carbons (Fsp3) is 0.364. The summed E-state index contributed by atoms with van der Waals surface area (Å²) in [4.78, 5) is 28.6. The number of nitrogens with two attached hydrogens (primary N) is 1. The molecule has 7 heteroatoms. The Morgan fingerprint density at radius 2 is 2.06 bits per heavy atom. The van der Waals surface area contributed by atoms with Crippen molar-refractivity contribution in [2.45, 2.75) is 25.9 Å². The minimum Gasteiger partial charge on any atom is -0.385 e. The molecule has 0 unspecified atom stereocenters. The largest absolute Gasteiger partial charge is 0.385 e. The zero-order valence-corrected chi connectivity index (χ0v) is 9.87. The Kier molecular flexibility index (Phi) is 3.61. The van der Waals surface area contributed by atoms with Crippen molar-refractivity contribution < 1.29 is 0 Å². The van der Waals surface area contributed by atoms with Crippen molar-refractivity contribution in [2.24, 2.45) is 0 Å². The van der Waals surface area contributed by atoms with E-state index in [0.717, 1.165) is 19.4 Å². The minimum atomic E-state index is -0.466.